The number of benzene rings is 1. The topological polar surface area (TPSA) is 34.9 Å². The van der Waals surface area contributed by atoms with E-state index in [9.17, 15) is 4.79 Å². The van der Waals surface area contributed by atoms with Gasteiger partial charge in [0.2, 0.25) is 0 Å². The fraction of sp³-hybridized carbons (Fsp3) is 0.167. The minimum Gasteiger partial charge on any atom is -0.268 e. The third-order valence-electron chi connectivity index (χ3n) is 2.29. The maximum absolute atomic E-state index is 11.4. The Morgan fingerprint density at radius 2 is 2.12 bits per heavy atom. The molecule has 0 saturated carbocycles. The summed E-state index contributed by atoms with van der Waals surface area (Å²) in [6.07, 6.45) is 0. The van der Waals surface area contributed by atoms with Gasteiger partial charge >= 0.3 is 0 Å². The molecule has 1 heterocycles. The van der Waals surface area contributed by atoms with Crippen LogP contribution in [-0.4, -0.2) is 9.78 Å². The fourth-order valence-corrected chi connectivity index (χ4v) is 1.67. The molecule has 1 aromatic carbocycles. The Labute approximate surface area is 98.3 Å². The van der Waals surface area contributed by atoms with E-state index in [1.807, 2.05) is 25.1 Å². The minimum absolute atomic E-state index is 0.0896. The van der Waals surface area contributed by atoms with Crippen molar-refractivity contribution in [2.24, 2.45) is 0 Å². The summed E-state index contributed by atoms with van der Waals surface area (Å²) < 4.78 is 1.43. The smallest absolute Gasteiger partial charge is 0.266 e. The van der Waals surface area contributed by atoms with Crippen LogP contribution in [0, 0.1) is 0 Å². The Morgan fingerprint density at radius 3 is 2.81 bits per heavy atom. The molecular formula is C12H11ClN2O. The van der Waals surface area contributed by atoms with E-state index in [4.69, 9.17) is 11.6 Å². The van der Waals surface area contributed by atoms with Crippen LogP contribution in [0.5, 0.6) is 0 Å². The second kappa shape index (κ2) is 4.49. The maximum Gasteiger partial charge on any atom is 0.266 e. The van der Waals surface area contributed by atoms with Gasteiger partial charge in [-0.15, -0.1) is 0 Å². The third-order valence-corrected chi connectivity index (χ3v) is 2.52. The first kappa shape index (κ1) is 10.9. The Hall–Kier alpha value is -1.61. The number of nitrogens with zero attached hydrogens (tertiary/aromatic N) is 2. The highest BCUT2D eigenvalue weighted by Gasteiger charge is 2.02. The van der Waals surface area contributed by atoms with Gasteiger partial charge in [0.1, 0.15) is 0 Å². The van der Waals surface area contributed by atoms with E-state index in [1.165, 1.54) is 10.7 Å². The molecule has 0 atom stereocenters. The molecule has 2 aromatic rings. The number of hydrogen-bond donors (Lipinski definition) is 0. The second-order valence-corrected chi connectivity index (χ2v) is 3.82. The molecule has 0 aliphatic carbocycles. The monoisotopic (exact) mass is 234 g/mol. The average Bonchev–Trinajstić information content (AvgIpc) is 2.29. The van der Waals surface area contributed by atoms with Gasteiger partial charge in [-0.1, -0.05) is 23.7 Å². The van der Waals surface area contributed by atoms with E-state index >= 15 is 0 Å². The van der Waals surface area contributed by atoms with Crippen molar-refractivity contribution in [1.29, 1.82) is 0 Å². The largest absolute Gasteiger partial charge is 0.268 e. The molecule has 0 amide bonds. The SMILES string of the molecule is CCn1nc(-c2cccc(Cl)c2)ccc1=O. The van der Waals surface area contributed by atoms with Gasteiger partial charge in [-0.25, -0.2) is 4.68 Å². The number of halogens is 1. The molecule has 1 aromatic heterocycles. The van der Waals surface area contributed by atoms with Crippen molar-refractivity contribution in [3.8, 4) is 11.3 Å². The van der Waals surface area contributed by atoms with E-state index in [1.54, 1.807) is 12.1 Å². The van der Waals surface area contributed by atoms with Crippen molar-refractivity contribution >= 4 is 11.6 Å². The van der Waals surface area contributed by atoms with Gasteiger partial charge in [-0.3, -0.25) is 4.79 Å². The van der Waals surface area contributed by atoms with Crippen molar-refractivity contribution in [2.45, 2.75) is 13.5 Å². The zero-order chi connectivity index (χ0) is 11.5. The highest BCUT2D eigenvalue weighted by molar-refractivity contribution is 6.30. The molecule has 82 valence electrons. The molecule has 0 bridgehead atoms. The average molecular weight is 235 g/mol. The second-order valence-electron chi connectivity index (χ2n) is 3.38. The molecule has 0 saturated heterocycles. The number of hydrogen-bond acceptors (Lipinski definition) is 2. The summed E-state index contributed by atoms with van der Waals surface area (Å²) in [6.45, 7) is 2.45. The van der Waals surface area contributed by atoms with Crippen LogP contribution in [0.2, 0.25) is 5.02 Å². The van der Waals surface area contributed by atoms with E-state index in [2.05, 4.69) is 5.10 Å². The first-order valence-electron chi connectivity index (χ1n) is 5.05. The summed E-state index contributed by atoms with van der Waals surface area (Å²) in [6, 6.07) is 10.6. The Balaban J connectivity index is 2.52. The lowest BCUT2D eigenvalue weighted by molar-refractivity contribution is 0.619. The Bertz CT molecular complexity index is 563. The summed E-state index contributed by atoms with van der Waals surface area (Å²) in [5.74, 6) is 0. The molecule has 0 radical (unpaired) electrons. The normalized spacial score (nSPS) is 10.4. The maximum atomic E-state index is 11.4. The van der Waals surface area contributed by atoms with Gasteiger partial charge in [0, 0.05) is 23.2 Å². The lowest BCUT2D eigenvalue weighted by Gasteiger charge is -2.04. The van der Waals surface area contributed by atoms with Crippen LogP contribution >= 0.6 is 11.6 Å². The lowest BCUT2D eigenvalue weighted by Crippen LogP contribution is -2.20. The number of aromatic nitrogens is 2. The molecule has 0 aliphatic rings. The lowest BCUT2D eigenvalue weighted by atomic mass is 10.1. The summed E-state index contributed by atoms with van der Waals surface area (Å²) in [5.41, 5.74) is 1.58. The van der Waals surface area contributed by atoms with Gasteiger partial charge in [0.05, 0.1) is 5.69 Å². The molecule has 4 heteroatoms. The van der Waals surface area contributed by atoms with Gasteiger partial charge < -0.3 is 0 Å². The third kappa shape index (κ3) is 2.14. The molecular weight excluding hydrogens is 224 g/mol. The number of rotatable bonds is 2. The van der Waals surface area contributed by atoms with Gasteiger partial charge in [0.15, 0.2) is 0 Å². The van der Waals surface area contributed by atoms with Crippen molar-refractivity contribution in [3.63, 3.8) is 0 Å². The highest BCUT2D eigenvalue weighted by atomic mass is 35.5. The molecule has 0 N–H and O–H groups in total. The van der Waals surface area contributed by atoms with E-state index in [-0.39, 0.29) is 5.56 Å². The molecule has 0 unspecified atom stereocenters. The predicted octanol–water partition coefficient (Wildman–Crippen LogP) is 2.58. The van der Waals surface area contributed by atoms with E-state index in [0.717, 1.165) is 11.3 Å². The fourth-order valence-electron chi connectivity index (χ4n) is 1.48. The van der Waals surface area contributed by atoms with Crippen molar-refractivity contribution < 1.29 is 0 Å². The van der Waals surface area contributed by atoms with Gasteiger partial charge in [-0.05, 0) is 25.1 Å². The minimum atomic E-state index is -0.0896. The molecule has 3 nitrogen and oxygen atoms in total. The van der Waals surface area contributed by atoms with Crippen LogP contribution in [0.1, 0.15) is 6.92 Å². The van der Waals surface area contributed by atoms with Crippen LogP contribution in [-0.2, 0) is 6.54 Å². The summed E-state index contributed by atoms with van der Waals surface area (Å²) >= 11 is 5.90. The summed E-state index contributed by atoms with van der Waals surface area (Å²) in [5, 5.41) is 4.91. The van der Waals surface area contributed by atoms with E-state index in [0.29, 0.717) is 11.6 Å². The molecule has 0 spiro atoms. The van der Waals surface area contributed by atoms with Crippen molar-refractivity contribution in [1.82, 2.24) is 9.78 Å². The molecule has 0 aliphatic heterocycles. The van der Waals surface area contributed by atoms with Gasteiger partial charge in [-0.2, -0.15) is 5.10 Å². The first-order chi connectivity index (χ1) is 7.70. The Kier molecular flexibility index (Phi) is 3.06. The molecule has 0 fully saturated rings. The summed E-state index contributed by atoms with van der Waals surface area (Å²) in [7, 11) is 0. The quantitative estimate of drug-likeness (QED) is 0.801. The summed E-state index contributed by atoms with van der Waals surface area (Å²) in [4.78, 5) is 11.4. The molecule has 2 rings (SSSR count). The Morgan fingerprint density at radius 1 is 1.31 bits per heavy atom. The van der Waals surface area contributed by atoms with Crippen molar-refractivity contribution in [3.05, 3.63) is 51.8 Å². The zero-order valence-electron chi connectivity index (χ0n) is 8.85. The van der Waals surface area contributed by atoms with Gasteiger partial charge in [0.25, 0.3) is 5.56 Å². The zero-order valence-corrected chi connectivity index (χ0v) is 9.61. The van der Waals surface area contributed by atoms with Crippen LogP contribution in [0.15, 0.2) is 41.2 Å². The van der Waals surface area contributed by atoms with Crippen LogP contribution in [0.3, 0.4) is 0 Å². The standard InChI is InChI=1S/C12H11ClN2O/c1-2-15-12(16)7-6-11(14-15)9-4-3-5-10(13)8-9/h3-8H,2H2,1H3. The van der Waals surface area contributed by atoms with Crippen LogP contribution in [0.25, 0.3) is 11.3 Å². The van der Waals surface area contributed by atoms with Crippen LogP contribution < -0.4 is 5.56 Å². The first-order valence-corrected chi connectivity index (χ1v) is 5.42. The van der Waals surface area contributed by atoms with Crippen molar-refractivity contribution in [2.75, 3.05) is 0 Å². The van der Waals surface area contributed by atoms with Crippen LogP contribution in [0.4, 0.5) is 0 Å². The number of aryl methyl sites for hydroxylation is 1. The molecule has 16 heavy (non-hydrogen) atoms. The highest BCUT2D eigenvalue weighted by Crippen LogP contribution is 2.19. The predicted molar refractivity (Wildman–Crippen MR) is 64.6 cm³/mol. The van der Waals surface area contributed by atoms with E-state index < -0.39 is 0 Å².